The van der Waals surface area contributed by atoms with Gasteiger partial charge in [-0.15, -0.1) is 12.4 Å². The van der Waals surface area contributed by atoms with Crippen molar-refractivity contribution in [1.82, 2.24) is 10.0 Å². The molecule has 6 heteroatoms. The van der Waals surface area contributed by atoms with E-state index >= 15 is 0 Å². The van der Waals surface area contributed by atoms with Crippen molar-refractivity contribution in [2.75, 3.05) is 20.1 Å². The van der Waals surface area contributed by atoms with E-state index in [9.17, 15) is 8.42 Å². The van der Waals surface area contributed by atoms with Gasteiger partial charge in [-0.3, -0.25) is 0 Å². The molecule has 0 amide bonds. The van der Waals surface area contributed by atoms with Crippen LogP contribution in [0, 0.1) is 0 Å². The zero-order chi connectivity index (χ0) is 8.32. The highest BCUT2D eigenvalue weighted by molar-refractivity contribution is 7.90. The highest BCUT2D eigenvalue weighted by atomic mass is 35.5. The minimum Gasteiger partial charge on any atom is -0.318 e. The van der Waals surface area contributed by atoms with Crippen molar-refractivity contribution in [3.8, 4) is 0 Å². The predicted molar refractivity (Wildman–Crippen MR) is 51.1 cm³/mol. The molecule has 0 aromatic heterocycles. The molecular formula is C6H15ClN2O2S. The third-order valence-electron chi connectivity index (χ3n) is 1.64. The first-order valence-corrected chi connectivity index (χ1v) is 5.34. The molecule has 12 heavy (non-hydrogen) atoms. The second kappa shape index (κ2) is 5.01. The van der Waals surface area contributed by atoms with Gasteiger partial charge in [-0.05, 0) is 19.9 Å². The molecule has 0 aliphatic heterocycles. The molecule has 0 aromatic rings. The first kappa shape index (κ1) is 12.2. The molecule has 1 saturated carbocycles. The summed E-state index contributed by atoms with van der Waals surface area (Å²) in [5.41, 5.74) is 0. The Hall–Kier alpha value is 0.160. The fourth-order valence-corrected chi connectivity index (χ4v) is 2.19. The van der Waals surface area contributed by atoms with Crippen LogP contribution in [0.25, 0.3) is 0 Å². The molecule has 4 nitrogen and oxygen atoms in total. The average Bonchev–Trinajstić information content (AvgIpc) is 2.68. The van der Waals surface area contributed by atoms with Crippen LogP contribution in [0.2, 0.25) is 0 Å². The van der Waals surface area contributed by atoms with Crippen LogP contribution in [0.1, 0.15) is 12.8 Å². The fraction of sp³-hybridized carbons (Fsp3) is 1.00. The molecule has 1 aliphatic carbocycles. The van der Waals surface area contributed by atoms with Gasteiger partial charge in [0.2, 0.25) is 10.0 Å². The quantitative estimate of drug-likeness (QED) is 0.619. The smallest absolute Gasteiger partial charge is 0.214 e. The molecule has 2 N–H and O–H groups in total. The summed E-state index contributed by atoms with van der Waals surface area (Å²) in [7, 11) is -1.15. The van der Waals surface area contributed by atoms with E-state index in [2.05, 4.69) is 10.0 Å². The first-order valence-electron chi connectivity index (χ1n) is 3.80. The number of hydrogen-bond acceptors (Lipinski definition) is 3. The first-order chi connectivity index (χ1) is 5.17. The predicted octanol–water partition coefficient (Wildman–Crippen LogP) is -0.291. The third kappa shape index (κ3) is 3.71. The van der Waals surface area contributed by atoms with Gasteiger partial charge in [0.15, 0.2) is 0 Å². The molecule has 0 heterocycles. The Balaban J connectivity index is 0.00000121. The number of sulfonamides is 1. The van der Waals surface area contributed by atoms with Gasteiger partial charge in [-0.1, -0.05) is 0 Å². The maximum absolute atomic E-state index is 11.1. The minimum absolute atomic E-state index is 0. The number of halogens is 1. The Bertz CT molecular complexity index is 214. The molecule has 0 aromatic carbocycles. The van der Waals surface area contributed by atoms with Gasteiger partial charge in [0.05, 0.1) is 5.25 Å². The molecule has 1 rings (SSSR count). The van der Waals surface area contributed by atoms with Crippen LogP contribution in [-0.2, 0) is 10.0 Å². The Morgan fingerprint density at radius 1 is 1.33 bits per heavy atom. The zero-order valence-electron chi connectivity index (χ0n) is 7.04. The summed E-state index contributed by atoms with van der Waals surface area (Å²) < 4.78 is 24.8. The van der Waals surface area contributed by atoms with Crippen molar-refractivity contribution in [2.45, 2.75) is 18.1 Å². The maximum Gasteiger partial charge on any atom is 0.214 e. The van der Waals surface area contributed by atoms with E-state index in [-0.39, 0.29) is 17.7 Å². The Kier molecular flexibility index (Phi) is 5.08. The van der Waals surface area contributed by atoms with Crippen LogP contribution in [0.15, 0.2) is 0 Å². The second-order valence-corrected chi connectivity index (χ2v) is 4.79. The SMILES string of the molecule is CNCCNS(=O)(=O)C1CC1.Cl. The molecule has 0 unspecified atom stereocenters. The zero-order valence-corrected chi connectivity index (χ0v) is 8.67. The summed E-state index contributed by atoms with van der Waals surface area (Å²) in [5.74, 6) is 0. The molecular weight excluding hydrogens is 200 g/mol. The molecule has 74 valence electrons. The molecule has 0 spiro atoms. The number of hydrogen-bond donors (Lipinski definition) is 2. The van der Waals surface area contributed by atoms with E-state index in [1.807, 2.05) is 0 Å². The average molecular weight is 215 g/mol. The van der Waals surface area contributed by atoms with Crippen LogP contribution in [0.3, 0.4) is 0 Å². The van der Waals surface area contributed by atoms with Crippen molar-refractivity contribution < 1.29 is 8.42 Å². The molecule has 0 radical (unpaired) electrons. The lowest BCUT2D eigenvalue weighted by atomic mass is 10.7. The van der Waals surface area contributed by atoms with Crippen molar-refractivity contribution in [3.63, 3.8) is 0 Å². The monoisotopic (exact) mass is 214 g/mol. The Morgan fingerprint density at radius 2 is 1.92 bits per heavy atom. The number of rotatable bonds is 5. The summed E-state index contributed by atoms with van der Waals surface area (Å²) in [4.78, 5) is 0. The van der Waals surface area contributed by atoms with E-state index in [1.165, 1.54) is 0 Å². The van der Waals surface area contributed by atoms with Gasteiger partial charge in [0.1, 0.15) is 0 Å². The van der Waals surface area contributed by atoms with Crippen molar-refractivity contribution >= 4 is 22.4 Å². The highest BCUT2D eigenvalue weighted by Gasteiger charge is 2.34. The van der Waals surface area contributed by atoms with E-state index in [4.69, 9.17) is 0 Å². The lowest BCUT2D eigenvalue weighted by Gasteiger charge is -2.03. The van der Waals surface area contributed by atoms with Crippen LogP contribution in [0.5, 0.6) is 0 Å². The lowest BCUT2D eigenvalue weighted by Crippen LogP contribution is -2.32. The molecule has 0 atom stereocenters. The Morgan fingerprint density at radius 3 is 2.33 bits per heavy atom. The van der Waals surface area contributed by atoms with Gasteiger partial charge in [0.25, 0.3) is 0 Å². The minimum atomic E-state index is -2.95. The van der Waals surface area contributed by atoms with Gasteiger partial charge < -0.3 is 5.32 Å². The van der Waals surface area contributed by atoms with Crippen LogP contribution in [-0.4, -0.2) is 33.8 Å². The van der Waals surface area contributed by atoms with Crippen LogP contribution < -0.4 is 10.0 Å². The second-order valence-electron chi connectivity index (χ2n) is 2.74. The van der Waals surface area contributed by atoms with E-state index in [0.717, 1.165) is 12.8 Å². The van der Waals surface area contributed by atoms with E-state index < -0.39 is 10.0 Å². The summed E-state index contributed by atoms with van der Waals surface area (Å²) in [6, 6.07) is 0. The lowest BCUT2D eigenvalue weighted by molar-refractivity contribution is 0.578. The summed E-state index contributed by atoms with van der Waals surface area (Å²) in [5, 5.41) is 2.77. The maximum atomic E-state index is 11.1. The van der Waals surface area contributed by atoms with Crippen LogP contribution >= 0.6 is 12.4 Å². The van der Waals surface area contributed by atoms with Crippen molar-refractivity contribution in [3.05, 3.63) is 0 Å². The summed E-state index contributed by atoms with van der Waals surface area (Å²) in [6.45, 7) is 1.18. The fourth-order valence-electron chi connectivity index (χ4n) is 0.814. The van der Waals surface area contributed by atoms with E-state index in [1.54, 1.807) is 7.05 Å². The topological polar surface area (TPSA) is 58.2 Å². The van der Waals surface area contributed by atoms with Gasteiger partial charge >= 0.3 is 0 Å². The third-order valence-corrected chi connectivity index (χ3v) is 3.60. The largest absolute Gasteiger partial charge is 0.318 e. The van der Waals surface area contributed by atoms with Crippen LogP contribution in [0.4, 0.5) is 0 Å². The Labute approximate surface area is 79.6 Å². The molecule has 0 saturated heterocycles. The van der Waals surface area contributed by atoms with Gasteiger partial charge in [-0.25, -0.2) is 13.1 Å². The molecule has 1 aliphatic rings. The number of nitrogens with one attached hydrogen (secondary N) is 2. The summed E-state index contributed by atoms with van der Waals surface area (Å²) in [6.07, 6.45) is 1.66. The molecule has 0 bridgehead atoms. The summed E-state index contributed by atoms with van der Waals surface area (Å²) >= 11 is 0. The van der Waals surface area contributed by atoms with Gasteiger partial charge in [-0.2, -0.15) is 0 Å². The number of likely N-dealkylation sites (N-methyl/N-ethyl adjacent to an activating group) is 1. The highest BCUT2D eigenvalue weighted by Crippen LogP contribution is 2.26. The normalized spacial score (nSPS) is 17.1. The standard InChI is InChI=1S/C6H14N2O2S.ClH/c1-7-4-5-8-11(9,10)6-2-3-6;/h6-8H,2-5H2,1H3;1H. The van der Waals surface area contributed by atoms with E-state index in [0.29, 0.717) is 13.1 Å². The van der Waals surface area contributed by atoms with Crippen molar-refractivity contribution in [1.29, 1.82) is 0 Å². The van der Waals surface area contributed by atoms with Gasteiger partial charge in [0, 0.05) is 13.1 Å². The molecule has 1 fully saturated rings. The van der Waals surface area contributed by atoms with Crippen molar-refractivity contribution in [2.24, 2.45) is 0 Å².